The smallest absolute Gasteiger partial charge is 0.122 e. The summed E-state index contributed by atoms with van der Waals surface area (Å²) < 4.78 is 0. The van der Waals surface area contributed by atoms with Crippen LogP contribution in [0.15, 0.2) is 4.99 Å². The van der Waals surface area contributed by atoms with Gasteiger partial charge in [0.2, 0.25) is 0 Å². The molecule has 1 heterocycles. The predicted octanol–water partition coefficient (Wildman–Crippen LogP) is -0.630. The maximum absolute atomic E-state index is 8.50. The first kappa shape index (κ1) is 5.56. The fourth-order valence-electron chi connectivity index (χ4n) is 0.688. The number of hydrogen-bond donors (Lipinski definition) is 2. The lowest BCUT2D eigenvalue weighted by Gasteiger charge is -2.11. The molecule has 3 heteroatoms. The summed E-state index contributed by atoms with van der Waals surface area (Å²) >= 11 is 0. The van der Waals surface area contributed by atoms with Crippen LogP contribution < -0.4 is 5.32 Å². The first-order valence-electron chi connectivity index (χ1n) is 2.81. The van der Waals surface area contributed by atoms with Crippen LogP contribution in [0.5, 0.6) is 0 Å². The van der Waals surface area contributed by atoms with Gasteiger partial charge in [0.1, 0.15) is 12.4 Å². The van der Waals surface area contributed by atoms with E-state index in [0.29, 0.717) is 0 Å². The molecule has 0 saturated heterocycles. The highest BCUT2D eigenvalue weighted by atomic mass is 16.3. The summed E-state index contributed by atoms with van der Waals surface area (Å²) in [6.07, 6.45) is 1.09. The maximum Gasteiger partial charge on any atom is 0.122 e. The molecule has 0 aromatic heterocycles. The summed E-state index contributed by atoms with van der Waals surface area (Å²) in [7, 11) is 0. The second-order valence-corrected chi connectivity index (χ2v) is 1.77. The number of rotatable bonds is 1. The van der Waals surface area contributed by atoms with Gasteiger partial charge in [-0.1, -0.05) is 0 Å². The molecule has 0 saturated carbocycles. The second kappa shape index (κ2) is 2.67. The molecule has 1 rings (SSSR count). The highest BCUT2D eigenvalue weighted by Gasteiger charge is 1.99. The van der Waals surface area contributed by atoms with E-state index in [2.05, 4.69) is 10.3 Å². The van der Waals surface area contributed by atoms with E-state index in [4.69, 9.17) is 5.11 Å². The second-order valence-electron chi connectivity index (χ2n) is 1.77. The van der Waals surface area contributed by atoms with Gasteiger partial charge in [0, 0.05) is 13.1 Å². The number of hydrogen-bond acceptors (Lipinski definition) is 3. The Kier molecular flexibility index (Phi) is 1.86. The Labute approximate surface area is 48.4 Å². The Morgan fingerprint density at radius 3 is 3.00 bits per heavy atom. The number of nitrogens with zero attached hydrogens (tertiary/aromatic N) is 1. The summed E-state index contributed by atoms with van der Waals surface area (Å²) in [6, 6.07) is 0. The molecule has 1 aliphatic rings. The molecule has 0 bridgehead atoms. The molecule has 1 aliphatic heterocycles. The van der Waals surface area contributed by atoms with Crippen LogP contribution in [0.1, 0.15) is 6.42 Å². The third kappa shape index (κ3) is 1.20. The van der Waals surface area contributed by atoms with Crippen molar-refractivity contribution in [2.45, 2.75) is 6.42 Å². The molecule has 46 valence electrons. The van der Waals surface area contributed by atoms with Crippen LogP contribution in [0.2, 0.25) is 0 Å². The van der Waals surface area contributed by atoms with Gasteiger partial charge in [-0.05, 0) is 6.42 Å². The molecule has 0 spiro atoms. The Balaban J connectivity index is 2.37. The normalized spacial score (nSPS) is 19.4. The minimum Gasteiger partial charge on any atom is -0.388 e. The molecule has 0 radical (unpaired) electrons. The SMILES string of the molecule is OCC1=NCCCN1. The number of aliphatic hydroxyl groups excluding tert-OH is 1. The third-order valence-electron chi connectivity index (χ3n) is 1.12. The lowest BCUT2D eigenvalue weighted by atomic mass is 10.3. The highest BCUT2D eigenvalue weighted by molar-refractivity contribution is 5.83. The van der Waals surface area contributed by atoms with E-state index in [1.165, 1.54) is 0 Å². The van der Waals surface area contributed by atoms with Crippen LogP contribution in [0.3, 0.4) is 0 Å². The average Bonchev–Trinajstić information content (AvgIpc) is 1.90. The lowest BCUT2D eigenvalue weighted by Crippen LogP contribution is -2.31. The molecule has 0 fully saturated rings. The zero-order valence-electron chi connectivity index (χ0n) is 4.72. The fraction of sp³-hybridized carbons (Fsp3) is 0.800. The average molecular weight is 114 g/mol. The van der Waals surface area contributed by atoms with E-state index in [9.17, 15) is 0 Å². The van der Waals surface area contributed by atoms with Crippen molar-refractivity contribution >= 4 is 5.84 Å². The maximum atomic E-state index is 8.50. The van der Waals surface area contributed by atoms with Crippen LogP contribution >= 0.6 is 0 Å². The van der Waals surface area contributed by atoms with Crippen molar-refractivity contribution in [1.82, 2.24) is 5.32 Å². The van der Waals surface area contributed by atoms with Gasteiger partial charge in [-0.15, -0.1) is 0 Å². The van der Waals surface area contributed by atoms with Crippen molar-refractivity contribution in [3.05, 3.63) is 0 Å². The minimum absolute atomic E-state index is 0.0556. The molecule has 0 amide bonds. The van der Waals surface area contributed by atoms with Crippen molar-refractivity contribution in [3.8, 4) is 0 Å². The van der Waals surface area contributed by atoms with E-state index >= 15 is 0 Å². The van der Waals surface area contributed by atoms with Gasteiger partial charge < -0.3 is 10.4 Å². The van der Waals surface area contributed by atoms with Crippen LogP contribution in [0, 0.1) is 0 Å². The third-order valence-corrected chi connectivity index (χ3v) is 1.12. The van der Waals surface area contributed by atoms with E-state index in [1.54, 1.807) is 0 Å². The lowest BCUT2D eigenvalue weighted by molar-refractivity contribution is 0.350. The van der Waals surface area contributed by atoms with Crippen LogP contribution in [0.25, 0.3) is 0 Å². The first-order chi connectivity index (χ1) is 3.93. The number of amidine groups is 1. The van der Waals surface area contributed by atoms with E-state index in [1.807, 2.05) is 0 Å². The molecule has 0 aliphatic carbocycles. The van der Waals surface area contributed by atoms with Crippen molar-refractivity contribution in [2.24, 2.45) is 4.99 Å². The summed E-state index contributed by atoms with van der Waals surface area (Å²) in [5.41, 5.74) is 0. The largest absolute Gasteiger partial charge is 0.388 e. The fourth-order valence-corrected chi connectivity index (χ4v) is 0.688. The zero-order valence-corrected chi connectivity index (χ0v) is 4.72. The standard InChI is InChI=1S/C5H10N2O/c8-4-5-6-2-1-3-7-5/h8H,1-4H2,(H,6,7). The van der Waals surface area contributed by atoms with Gasteiger partial charge >= 0.3 is 0 Å². The van der Waals surface area contributed by atoms with Gasteiger partial charge in [0.05, 0.1) is 0 Å². The predicted molar refractivity (Wildman–Crippen MR) is 32.0 cm³/mol. The zero-order chi connectivity index (χ0) is 5.82. The van der Waals surface area contributed by atoms with E-state index < -0.39 is 0 Å². The summed E-state index contributed by atoms with van der Waals surface area (Å²) in [4.78, 5) is 4.00. The van der Waals surface area contributed by atoms with Crippen molar-refractivity contribution in [2.75, 3.05) is 19.7 Å². The Bertz CT molecular complexity index is 101. The molecule has 0 aromatic carbocycles. The summed E-state index contributed by atoms with van der Waals surface area (Å²) in [5.74, 6) is 0.733. The molecule has 0 unspecified atom stereocenters. The van der Waals surface area contributed by atoms with Gasteiger partial charge in [-0.3, -0.25) is 4.99 Å². The van der Waals surface area contributed by atoms with E-state index in [0.717, 1.165) is 25.3 Å². The minimum atomic E-state index is 0.0556. The highest BCUT2D eigenvalue weighted by Crippen LogP contribution is 1.86. The quantitative estimate of drug-likeness (QED) is 0.476. The van der Waals surface area contributed by atoms with Crippen molar-refractivity contribution in [3.63, 3.8) is 0 Å². The van der Waals surface area contributed by atoms with Crippen molar-refractivity contribution in [1.29, 1.82) is 0 Å². The number of aliphatic hydroxyl groups is 1. The Morgan fingerprint density at radius 2 is 2.62 bits per heavy atom. The van der Waals surface area contributed by atoms with Gasteiger partial charge in [0.15, 0.2) is 0 Å². The van der Waals surface area contributed by atoms with Gasteiger partial charge in [-0.2, -0.15) is 0 Å². The molecule has 8 heavy (non-hydrogen) atoms. The topological polar surface area (TPSA) is 44.6 Å². The molecular weight excluding hydrogens is 104 g/mol. The molecular formula is C5H10N2O. The van der Waals surface area contributed by atoms with Gasteiger partial charge in [-0.25, -0.2) is 0 Å². The molecule has 0 aromatic rings. The van der Waals surface area contributed by atoms with Crippen LogP contribution in [-0.4, -0.2) is 30.6 Å². The first-order valence-corrected chi connectivity index (χ1v) is 2.81. The van der Waals surface area contributed by atoms with Crippen LogP contribution in [-0.2, 0) is 0 Å². The number of aliphatic imine (C=N–C) groups is 1. The number of nitrogens with one attached hydrogen (secondary N) is 1. The van der Waals surface area contributed by atoms with Crippen LogP contribution in [0.4, 0.5) is 0 Å². The monoisotopic (exact) mass is 114 g/mol. The van der Waals surface area contributed by atoms with Gasteiger partial charge in [0.25, 0.3) is 0 Å². The molecule has 2 N–H and O–H groups in total. The van der Waals surface area contributed by atoms with E-state index in [-0.39, 0.29) is 6.61 Å². The Morgan fingerprint density at radius 1 is 1.75 bits per heavy atom. The molecule has 0 atom stereocenters. The van der Waals surface area contributed by atoms with Crippen molar-refractivity contribution < 1.29 is 5.11 Å². The Hall–Kier alpha value is -0.570. The summed E-state index contributed by atoms with van der Waals surface area (Å²) in [6.45, 7) is 1.88. The molecule has 3 nitrogen and oxygen atoms in total. The summed E-state index contributed by atoms with van der Waals surface area (Å²) in [5, 5.41) is 11.5.